The Morgan fingerprint density at radius 2 is 2.00 bits per heavy atom. The number of aromatic nitrogens is 6. The molecule has 0 aliphatic heterocycles. The van der Waals surface area contributed by atoms with Gasteiger partial charge in [-0.15, -0.1) is 0 Å². The second-order valence-electron chi connectivity index (χ2n) is 8.43. The molecule has 7 heteroatoms. The highest BCUT2D eigenvalue weighted by Gasteiger charge is 2.25. The van der Waals surface area contributed by atoms with Crippen molar-refractivity contribution in [2.24, 2.45) is 18.4 Å². The van der Waals surface area contributed by atoms with Crippen LogP contribution in [0, 0.1) is 11.3 Å². The van der Waals surface area contributed by atoms with E-state index in [1.165, 1.54) is 6.20 Å². The Labute approximate surface area is 169 Å². The number of halogens is 1. The molecule has 1 atom stereocenters. The van der Waals surface area contributed by atoms with Gasteiger partial charge in [0.25, 0.3) is 0 Å². The minimum atomic E-state index is 0.209. The Balaban J connectivity index is 1.90. The molecule has 4 rings (SSSR count). The number of aromatic amines is 1. The van der Waals surface area contributed by atoms with Crippen LogP contribution in [0.15, 0.2) is 24.7 Å². The average molecular weight is 397 g/mol. The standard InChI is InChI=1S/C21H25ClN6/c1-6-12(21(2,3)4)9-15-13-7-8-28(5)20(13)27-18(25-15)14-10-23-19-17(14)26-16(22)11-24-19/h7-8,10-12H,6,9H2,1-5H3,(H,23,24)/t12-/m0/s1. The molecule has 0 radical (unpaired) electrons. The quantitative estimate of drug-likeness (QED) is 0.516. The molecule has 6 nitrogen and oxygen atoms in total. The maximum absolute atomic E-state index is 6.07. The van der Waals surface area contributed by atoms with Gasteiger partial charge in [0, 0.05) is 24.8 Å². The van der Waals surface area contributed by atoms with Crippen LogP contribution in [0.4, 0.5) is 0 Å². The summed E-state index contributed by atoms with van der Waals surface area (Å²) in [6.07, 6.45) is 7.44. The van der Waals surface area contributed by atoms with E-state index in [-0.39, 0.29) is 5.41 Å². The molecule has 28 heavy (non-hydrogen) atoms. The first-order valence-electron chi connectivity index (χ1n) is 9.60. The number of hydrogen-bond acceptors (Lipinski definition) is 4. The summed E-state index contributed by atoms with van der Waals surface area (Å²) in [4.78, 5) is 21.7. The van der Waals surface area contributed by atoms with Gasteiger partial charge in [0.2, 0.25) is 0 Å². The van der Waals surface area contributed by atoms with E-state index in [1.54, 1.807) is 0 Å². The van der Waals surface area contributed by atoms with Crippen molar-refractivity contribution in [3.8, 4) is 11.4 Å². The van der Waals surface area contributed by atoms with Crippen LogP contribution in [0.25, 0.3) is 33.6 Å². The van der Waals surface area contributed by atoms with Gasteiger partial charge in [0.05, 0.1) is 17.5 Å². The molecule has 0 aromatic carbocycles. The lowest BCUT2D eigenvalue weighted by Gasteiger charge is -2.29. The molecule has 0 saturated carbocycles. The fraction of sp³-hybridized carbons (Fsp3) is 0.429. The Kier molecular flexibility index (Phi) is 4.62. The lowest BCUT2D eigenvalue weighted by molar-refractivity contribution is 0.230. The van der Waals surface area contributed by atoms with Gasteiger partial charge >= 0.3 is 0 Å². The van der Waals surface area contributed by atoms with Crippen LogP contribution in [0.2, 0.25) is 5.15 Å². The first-order chi connectivity index (χ1) is 13.3. The summed E-state index contributed by atoms with van der Waals surface area (Å²) < 4.78 is 2.04. The van der Waals surface area contributed by atoms with Crippen LogP contribution >= 0.6 is 11.6 Å². The summed E-state index contributed by atoms with van der Waals surface area (Å²) in [5.41, 5.74) is 4.39. The van der Waals surface area contributed by atoms with Crippen molar-refractivity contribution in [1.29, 1.82) is 0 Å². The van der Waals surface area contributed by atoms with E-state index in [9.17, 15) is 0 Å². The summed E-state index contributed by atoms with van der Waals surface area (Å²) in [5, 5.41) is 1.46. The van der Waals surface area contributed by atoms with Crippen LogP contribution in [-0.2, 0) is 13.5 Å². The molecule has 0 amide bonds. The zero-order valence-corrected chi connectivity index (χ0v) is 17.7. The van der Waals surface area contributed by atoms with Gasteiger partial charge in [-0.3, -0.25) is 0 Å². The molecule has 4 aromatic rings. The van der Waals surface area contributed by atoms with Crippen molar-refractivity contribution in [2.45, 2.75) is 40.5 Å². The molecular formula is C21H25ClN6. The zero-order chi connectivity index (χ0) is 20.1. The molecule has 0 aliphatic carbocycles. The van der Waals surface area contributed by atoms with E-state index >= 15 is 0 Å². The Bertz CT molecular complexity index is 1150. The molecule has 0 aliphatic rings. The molecular weight excluding hydrogens is 372 g/mol. The number of H-pyrrole nitrogens is 1. The van der Waals surface area contributed by atoms with Crippen LogP contribution < -0.4 is 0 Å². The third kappa shape index (κ3) is 3.26. The van der Waals surface area contributed by atoms with Crippen LogP contribution in [0.3, 0.4) is 0 Å². The van der Waals surface area contributed by atoms with Crippen molar-refractivity contribution < 1.29 is 0 Å². The predicted octanol–water partition coefficient (Wildman–Crippen LogP) is 5.17. The minimum Gasteiger partial charge on any atom is -0.344 e. The summed E-state index contributed by atoms with van der Waals surface area (Å²) in [7, 11) is 2.01. The average Bonchev–Trinajstić information content (AvgIpc) is 3.22. The molecule has 4 aromatic heterocycles. The van der Waals surface area contributed by atoms with Crippen molar-refractivity contribution >= 4 is 33.8 Å². The maximum atomic E-state index is 6.07. The van der Waals surface area contributed by atoms with E-state index in [4.69, 9.17) is 21.6 Å². The van der Waals surface area contributed by atoms with Crippen molar-refractivity contribution in [2.75, 3.05) is 0 Å². The fourth-order valence-corrected chi connectivity index (χ4v) is 3.95. The topological polar surface area (TPSA) is 72.3 Å². The number of hydrogen-bond donors (Lipinski definition) is 1. The van der Waals surface area contributed by atoms with Crippen molar-refractivity contribution in [3.63, 3.8) is 0 Å². The molecule has 0 fully saturated rings. The highest BCUT2D eigenvalue weighted by atomic mass is 35.5. The number of aryl methyl sites for hydroxylation is 1. The van der Waals surface area contributed by atoms with E-state index in [0.29, 0.717) is 28.1 Å². The first kappa shape index (κ1) is 18.9. The van der Waals surface area contributed by atoms with E-state index in [1.807, 2.05) is 24.0 Å². The SMILES string of the molecule is CC[C@@H](Cc1nc(-c2c[nH]c3ncc(Cl)nc23)nc2c1ccn2C)C(C)(C)C. The predicted molar refractivity (Wildman–Crippen MR) is 113 cm³/mol. The number of nitrogens with zero attached hydrogens (tertiary/aromatic N) is 5. The van der Waals surface area contributed by atoms with Gasteiger partial charge in [-0.25, -0.2) is 19.9 Å². The second-order valence-corrected chi connectivity index (χ2v) is 8.81. The molecule has 146 valence electrons. The van der Waals surface area contributed by atoms with Crippen LogP contribution in [-0.4, -0.2) is 29.5 Å². The zero-order valence-electron chi connectivity index (χ0n) is 16.9. The number of rotatable bonds is 4. The molecule has 1 N–H and O–H groups in total. The molecule has 4 heterocycles. The lowest BCUT2D eigenvalue weighted by Crippen LogP contribution is -2.22. The molecule has 0 unspecified atom stereocenters. The van der Waals surface area contributed by atoms with E-state index in [0.717, 1.165) is 35.1 Å². The first-order valence-corrected chi connectivity index (χ1v) is 9.97. The fourth-order valence-electron chi connectivity index (χ4n) is 3.81. The lowest BCUT2D eigenvalue weighted by atomic mass is 9.76. The van der Waals surface area contributed by atoms with E-state index < -0.39 is 0 Å². The van der Waals surface area contributed by atoms with Gasteiger partial charge in [-0.05, 0) is 23.8 Å². The summed E-state index contributed by atoms with van der Waals surface area (Å²) >= 11 is 6.07. The third-order valence-corrected chi connectivity index (χ3v) is 5.74. The van der Waals surface area contributed by atoms with Crippen LogP contribution in [0.1, 0.15) is 39.8 Å². The normalized spacial score (nSPS) is 13.5. The molecule has 0 bridgehead atoms. The third-order valence-electron chi connectivity index (χ3n) is 5.55. The minimum absolute atomic E-state index is 0.209. The van der Waals surface area contributed by atoms with Crippen LogP contribution in [0.5, 0.6) is 0 Å². The monoisotopic (exact) mass is 396 g/mol. The van der Waals surface area contributed by atoms with Gasteiger partial charge in [-0.1, -0.05) is 45.7 Å². The van der Waals surface area contributed by atoms with Gasteiger partial charge < -0.3 is 9.55 Å². The van der Waals surface area contributed by atoms with Gasteiger partial charge in [0.15, 0.2) is 11.5 Å². The van der Waals surface area contributed by atoms with Gasteiger partial charge in [-0.2, -0.15) is 0 Å². The largest absolute Gasteiger partial charge is 0.344 e. The summed E-state index contributed by atoms with van der Waals surface area (Å²) in [5.74, 6) is 1.17. The Hall–Kier alpha value is -2.47. The Morgan fingerprint density at radius 1 is 1.21 bits per heavy atom. The molecule has 0 spiro atoms. The maximum Gasteiger partial charge on any atom is 0.165 e. The Morgan fingerprint density at radius 3 is 2.71 bits per heavy atom. The molecule has 0 saturated heterocycles. The smallest absolute Gasteiger partial charge is 0.165 e. The van der Waals surface area contributed by atoms with Crippen molar-refractivity contribution in [1.82, 2.24) is 29.5 Å². The summed E-state index contributed by atoms with van der Waals surface area (Å²) in [6.45, 7) is 9.13. The number of fused-ring (bicyclic) bond motifs is 2. The highest BCUT2D eigenvalue weighted by Crippen LogP contribution is 2.34. The van der Waals surface area contributed by atoms with E-state index in [2.05, 4.69) is 48.7 Å². The second kappa shape index (κ2) is 6.85. The van der Waals surface area contributed by atoms with Crippen molar-refractivity contribution in [3.05, 3.63) is 35.5 Å². The van der Waals surface area contributed by atoms with Gasteiger partial charge in [0.1, 0.15) is 16.3 Å². The highest BCUT2D eigenvalue weighted by molar-refractivity contribution is 6.29. The summed E-state index contributed by atoms with van der Waals surface area (Å²) in [6, 6.07) is 2.11. The number of nitrogens with one attached hydrogen (secondary N) is 1.